The van der Waals surface area contributed by atoms with E-state index in [0.29, 0.717) is 28.5 Å². The number of aliphatic carboxylic acids is 1. The fraction of sp³-hybridized carbons (Fsp3) is 0.357. The third-order valence-corrected chi connectivity index (χ3v) is 4.99. The molecule has 2 aliphatic rings. The average molecular weight is 358 g/mol. The second kappa shape index (κ2) is 8.80. The van der Waals surface area contributed by atoms with Gasteiger partial charge in [-0.25, -0.2) is 4.79 Å². The molecular weight excluding hydrogens is 340 g/mol. The molecule has 0 aromatic rings. The van der Waals surface area contributed by atoms with Gasteiger partial charge in [-0.1, -0.05) is 24.4 Å². The van der Waals surface area contributed by atoms with Crippen molar-refractivity contribution in [1.29, 1.82) is 0 Å². The first-order valence-electron chi connectivity index (χ1n) is 6.54. The number of carboxylic acid groups (broad SMARTS) is 1. The van der Waals surface area contributed by atoms with Gasteiger partial charge in [-0.3, -0.25) is 14.5 Å². The molecular formula is C14H18N2O5S2. The van der Waals surface area contributed by atoms with Crippen LogP contribution in [0.1, 0.15) is 6.92 Å². The molecule has 0 radical (unpaired) electrons. The molecule has 7 nitrogen and oxygen atoms in total. The van der Waals surface area contributed by atoms with Crippen LogP contribution in [0.5, 0.6) is 0 Å². The number of aliphatic hydroxyl groups excluding tert-OH is 1. The molecule has 0 aliphatic carbocycles. The van der Waals surface area contributed by atoms with Crippen LogP contribution in [0.25, 0.3) is 0 Å². The van der Waals surface area contributed by atoms with E-state index >= 15 is 0 Å². The summed E-state index contributed by atoms with van der Waals surface area (Å²) in [5, 5.41) is 17.2. The van der Waals surface area contributed by atoms with Gasteiger partial charge in [0.25, 0.3) is 0 Å². The minimum absolute atomic E-state index is 0.00481. The Morgan fingerprint density at radius 3 is 2.65 bits per heavy atom. The van der Waals surface area contributed by atoms with Gasteiger partial charge in [-0.05, 0) is 18.6 Å². The number of β-lactam (4-membered cyclic amide) rings is 1. The Bertz CT molecular complexity index is 570. The Morgan fingerprint density at radius 1 is 1.57 bits per heavy atom. The van der Waals surface area contributed by atoms with Gasteiger partial charge in [-0.2, -0.15) is 0 Å². The molecule has 2 rings (SSSR count). The largest absolute Gasteiger partial charge is 0.513 e. The summed E-state index contributed by atoms with van der Waals surface area (Å²) < 4.78 is 0. The fourth-order valence-corrected chi connectivity index (χ4v) is 3.93. The van der Waals surface area contributed by atoms with Gasteiger partial charge in [-0.15, -0.1) is 11.8 Å². The highest BCUT2D eigenvalue weighted by Gasteiger charge is 2.51. The van der Waals surface area contributed by atoms with Crippen molar-refractivity contribution in [1.82, 2.24) is 4.90 Å². The summed E-state index contributed by atoms with van der Waals surface area (Å²) in [6, 6.07) is -0.616. The zero-order chi connectivity index (χ0) is 17.6. The summed E-state index contributed by atoms with van der Waals surface area (Å²) in [5.74, 6) is -0.427. The molecule has 0 aromatic carbocycles. The lowest BCUT2D eigenvalue weighted by Gasteiger charge is -2.48. The fourth-order valence-electron chi connectivity index (χ4n) is 2.00. The maximum Gasteiger partial charge on any atom is 0.352 e. The number of amides is 1. The lowest BCUT2D eigenvalue weighted by atomic mass is 10.0. The summed E-state index contributed by atoms with van der Waals surface area (Å²) in [5.41, 5.74) is 6.84. The van der Waals surface area contributed by atoms with E-state index in [9.17, 15) is 14.4 Å². The molecule has 126 valence electrons. The molecule has 2 unspecified atom stereocenters. The number of carboxylic acids is 1. The van der Waals surface area contributed by atoms with Crippen molar-refractivity contribution in [2.24, 2.45) is 5.73 Å². The first-order chi connectivity index (χ1) is 10.8. The smallest absolute Gasteiger partial charge is 0.352 e. The van der Waals surface area contributed by atoms with Gasteiger partial charge >= 0.3 is 5.97 Å². The molecule has 2 heterocycles. The average Bonchev–Trinajstić information content (AvgIpc) is 2.51. The summed E-state index contributed by atoms with van der Waals surface area (Å²) in [6.45, 7) is 4.96. The lowest BCUT2D eigenvalue weighted by molar-refractivity contribution is -0.147. The monoisotopic (exact) mass is 358 g/mol. The highest BCUT2D eigenvalue weighted by molar-refractivity contribution is 8.12. The summed E-state index contributed by atoms with van der Waals surface area (Å²) in [4.78, 5) is 34.2. The maximum atomic E-state index is 11.5. The van der Waals surface area contributed by atoms with E-state index in [1.807, 2.05) is 0 Å². The molecule has 1 amide bonds. The molecule has 9 heteroatoms. The third kappa shape index (κ3) is 4.63. The normalized spacial score (nSPS) is 23.3. The summed E-state index contributed by atoms with van der Waals surface area (Å²) in [6.07, 6.45) is 3.06. The number of carbonyl (C=O) groups is 3. The van der Waals surface area contributed by atoms with Crippen LogP contribution in [-0.2, 0) is 14.4 Å². The number of allylic oxidation sites excluding steroid dienone is 3. The van der Waals surface area contributed by atoms with E-state index < -0.39 is 12.0 Å². The van der Waals surface area contributed by atoms with Crippen LogP contribution in [0.3, 0.4) is 0 Å². The van der Waals surface area contributed by atoms with E-state index in [2.05, 4.69) is 6.58 Å². The number of thioether (sulfide) groups is 2. The van der Waals surface area contributed by atoms with Gasteiger partial charge < -0.3 is 15.9 Å². The van der Waals surface area contributed by atoms with Crippen molar-refractivity contribution < 1.29 is 24.6 Å². The Hall–Kier alpha value is -1.71. The number of nitrogens with zero attached hydrogens (tertiary/aromatic N) is 1. The Labute approximate surface area is 142 Å². The molecule has 0 aromatic heterocycles. The predicted molar refractivity (Wildman–Crippen MR) is 91.5 cm³/mol. The maximum absolute atomic E-state index is 11.5. The molecule has 23 heavy (non-hydrogen) atoms. The van der Waals surface area contributed by atoms with Crippen LogP contribution in [0.2, 0.25) is 0 Å². The highest BCUT2D eigenvalue weighted by Crippen LogP contribution is 2.39. The van der Waals surface area contributed by atoms with E-state index in [4.69, 9.17) is 15.9 Å². The molecule has 0 saturated carbocycles. The number of aliphatic hydroxyl groups is 1. The Balaban J connectivity index is 0.000000379. The number of fused-ring (bicyclic) bond motifs is 1. The molecule has 0 spiro atoms. The zero-order valence-corrected chi connectivity index (χ0v) is 14.1. The molecule has 2 aliphatic heterocycles. The first-order valence-corrected chi connectivity index (χ1v) is 8.64. The minimum Gasteiger partial charge on any atom is -0.513 e. The lowest BCUT2D eigenvalue weighted by Crippen LogP contribution is -2.68. The molecule has 0 bridgehead atoms. The van der Waals surface area contributed by atoms with Crippen LogP contribution in [0, 0.1) is 0 Å². The number of hydrogen-bond donors (Lipinski definition) is 3. The topological polar surface area (TPSA) is 121 Å². The van der Waals surface area contributed by atoms with Gasteiger partial charge in [0.15, 0.2) is 5.62 Å². The number of hydrogen-bond acceptors (Lipinski definition) is 7. The molecule has 1 fully saturated rings. The van der Waals surface area contributed by atoms with Gasteiger partial charge in [0, 0.05) is 11.5 Å². The summed E-state index contributed by atoms with van der Waals surface area (Å²) in [7, 11) is 0. The second-order valence-corrected chi connectivity index (χ2v) is 6.56. The third-order valence-electron chi connectivity index (χ3n) is 2.98. The van der Waals surface area contributed by atoms with Crippen molar-refractivity contribution in [2.75, 3.05) is 11.5 Å². The summed E-state index contributed by atoms with van der Waals surface area (Å²) >= 11 is 2.42. The standard InChI is InChI=1S/C9H10N2O4S2.C5H8O/c10-5-7(13)11-6(9(14)15)4(1-16-3-12)2-17-8(5)11;1-3-4-5(2)6/h3,5,8H,1-2,10H2,(H,14,15);3-4,6H,1H2,2H3/b;5-4-. The number of carbonyl (C=O) groups excluding carboxylic acids is 2. The van der Waals surface area contributed by atoms with Gasteiger partial charge in [0.1, 0.15) is 17.1 Å². The minimum atomic E-state index is -1.14. The van der Waals surface area contributed by atoms with Crippen LogP contribution in [0.4, 0.5) is 0 Å². The van der Waals surface area contributed by atoms with Crippen LogP contribution in [0.15, 0.2) is 35.8 Å². The first kappa shape index (κ1) is 19.3. The highest BCUT2D eigenvalue weighted by atomic mass is 32.2. The Kier molecular flexibility index (Phi) is 7.40. The SMILES string of the molecule is C=C/C=C(/C)O.NC1C(=O)N2C(C(=O)O)=C(CSC=O)CSC12. The van der Waals surface area contributed by atoms with Crippen LogP contribution in [-0.4, -0.2) is 55.5 Å². The van der Waals surface area contributed by atoms with Crippen molar-refractivity contribution in [3.8, 4) is 0 Å². The van der Waals surface area contributed by atoms with Crippen molar-refractivity contribution in [3.05, 3.63) is 35.8 Å². The van der Waals surface area contributed by atoms with E-state index in [1.54, 1.807) is 6.92 Å². The zero-order valence-electron chi connectivity index (χ0n) is 12.5. The second-order valence-electron chi connectivity index (χ2n) is 4.64. The van der Waals surface area contributed by atoms with Gasteiger partial charge in [0.05, 0.1) is 5.76 Å². The van der Waals surface area contributed by atoms with Crippen molar-refractivity contribution in [3.63, 3.8) is 0 Å². The van der Waals surface area contributed by atoms with Crippen LogP contribution >= 0.6 is 23.5 Å². The van der Waals surface area contributed by atoms with E-state index in [0.717, 1.165) is 11.8 Å². The van der Waals surface area contributed by atoms with E-state index in [-0.39, 0.29) is 17.0 Å². The van der Waals surface area contributed by atoms with Gasteiger partial charge in [0.2, 0.25) is 5.91 Å². The predicted octanol–water partition coefficient (Wildman–Crippen LogP) is 1.13. The van der Waals surface area contributed by atoms with Crippen LogP contribution < -0.4 is 5.73 Å². The van der Waals surface area contributed by atoms with E-state index in [1.165, 1.54) is 28.8 Å². The quantitative estimate of drug-likeness (QED) is 0.289. The molecule has 1 saturated heterocycles. The number of rotatable bonds is 5. The van der Waals surface area contributed by atoms with Crippen molar-refractivity contribution in [2.45, 2.75) is 18.3 Å². The molecule has 2 atom stereocenters. The number of nitrogens with two attached hydrogens (primary N) is 1. The molecule has 4 N–H and O–H groups in total. The van der Waals surface area contributed by atoms with Crippen molar-refractivity contribution >= 4 is 41.0 Å². The Morgan fingerprint density at radius 2 is 2.22 bits per heavy atom.